The fourth-order valence-corrected chi connectivity index (χ4v) is 1.37. The van der Waals surface area contributed by atoms with Gasteiger partial charge in [0.2, 0.25) is 0 Å². The highest BCUT2D eigenvalue weighted by molar-refractivity contribution is 7.76. The van der Waals surface area contributed by atoms with E-state index in [1.54, 1.807) is 6.08 Å². The molecule has 1 rings (SSSR count). The molecule has 0 bridgehead atoms. The molecule has 10 heavy (non-hydrogen) atoms. The van der Waals surface area contributed by atoms with Crippen LogP contribution in [0.5, 0.6) is 0 Å². The first kappa shape index (κ1) is 7.54. The average Bonchev–Trinajstić information content (AvgIpc) is 1.88. The third kappa shape index (κ3) is 1.70. The molecule has 0 heterocycles. The Morgan fingerprint density at radius 2 is 2.00 bits per heavy atom. The predicted molar refractivity (Wildman–Crippen MR) is 41.4 cm³/mol. The summed E-state index contributed by atoms with van der Waals surface area (Å²) in [6, 6.07) is 0. The molecule has 0 spiro atoms. The molecule has 0 aromatic rings. The summed E-state index contributed by atoms with van der Waals surface area (Å²) in [5, 5.41) is 0. The Labute approximate surface area is 62.2 Å². The molecule has 0 radical (unpaired) electrons. The molecule has 0 saturated carbocycles. The molecule has 56 valence electrons. The van der Waals surface area contributed by atoms with Gasteiger partial charge in [-0.25, -0.2) is 8.42 Å². The Bertz CT molecular complexity index is 251. The Balaban J connectivity index is 2.83. The monoisotopic (exact) mass is 158 g/mol. The zero-order chi connectivity index (χ0) is 7.56. The molecule has 2 nitrogen and oxygen atoms in total. The summed E-state index contributed by atoms with van der Waals surface area (Å²) >= 11 is 0. The number of allylic oxidation sites excluding steroid dienone is 4. The highest BCUT2D eigenvalue weighted by Gasteiger charge is 2.03. The van der Waals surface area contributed by atoms with Crippen molar-refractivity contribution in [1.29, 1.82) is 0 Å². The lowest BCUT2D eigenvalue weighted by Crippen LogP contribution is -1.91. The second kappa shape index (κ2) is 3.01. The molecule has 0 atom stereocenters. The van der Waals surface area contributed by atoms with Crippen LogP contribution in [0.15, 0.2) is 22.6 Å². The summed E-state index contributed by atoms with van der Waals surface area (Å²) in [6.07, 6.45) is 5.12. The van der Waals surface area contributed by atoms with E-state index in [0.29, 0.717) is 11.3 Å². The van der Waals surface area contributed by atoms with Crippen LogP contribution in [0.1, 0.15) is 19.8 Å². The molecule has 0 N–H and O–H groups in total. The first-order chi connectivity index (χ1) is 4.70. The van der Waals surface area contributed by atoms with Crippen molar-refractivity contribution in [2.75, 3.05) is 0 Å². The van der Waals surface area contributed by atoms with Crippen LogP contribution in [0.4, 0.5) is 0 Å². The van der Waals surface area contributed by atoms with Gasteiger partial charge in [0.05, 0.1) is 0 Å². The van der Waals surface area contributed by atoms with Crippen molar-refractivity contribution < 1.29 is 8.42 Å². The average molecular weight is 158 g/mol. The lowest BCUT2D eigenvalue weighted by molar-refractivity contribution is 0.617. The fraction of sp³-hybridized carbons (Fsp3) is 0.429. The van der Waals surface area contributed by atoms with Crippen LogP contribution >= 0.6 is 0 Å². The van der Waals surface area contributed by atoms with E-state index in [1.807, 2.05) is 13.0 Å². The van der Waals surface area contributed by atoms with Gasteiger partial charge in [0.15, 0.2) is 10.7 Å². The van der Waals surface area contributed by atoms with E-state index in [-0.39, 0.29) is 0 Å². The zero-order valence-corrected chi connectivity index (χ0v) is 6.73. The fourth-order valence-electron chi connectivity index (χ4n) is 0.883. The van der Waals surface area contributed by atoms with Gasteiger partial charge in [0, 0.05) is 4.91 Å². The first-order valence-corrected chi connectivity index (χ1v) is 4.38. The minimum absolute atomic E-state index is 0.556. The Hall–Kier alpha value is -0.570. The van der Waals surface area contributed by atoms with Gasteiger partial charge in [-0.15, -0.1) is 0 Å². The lowest BCUT2D eigenvalue weighted by Gasteiger charge is -2.04. The summed E-state index contributed by atoms with van der Waals surface area (Å²) in [5.41, 5.74) is 1.25. The van der Waals surface area contributed by atoms with E-state index in [2.05, 4.69) is 0 Å². The van der Waals surface area contributed by atoms with E-state index in [9.17, 15) is 8.42 Å². The van der Waals surface area contributed by atoms with Gasteiger partial charge in [-0.05, 0) is 25.8 Å². The normalized spacial score (nSPS) is 18.6. The molecule has 0 saturated heterocycles. The molecule has 3 heteroatoms. The second-order valence-electron chi connectivity index (χ2n) is 2.43. The molecule has 0 aliphatic heterocycles. The van der Waals surface area contributed by atoms with Crippen molar-refractivity contribution >= 4 is 10.7 Å². The lowest BCUT2D eigenvalue weighted by atomic mass is 10.1. The maximum atomic E-state index is 10.4. The molecular weight excluding hydrogens is 148 g/mol. The van der Waals surface area contributed by atoms with Crippen molar-refractivity contribution in [3.8, 4) is 0 Å². The van der Waals surface area contributed by atoms with E-state index in [1.165, 1.54) is 5.57 Å². The van der Waals surface area contributed by atoms with Crippen LogP contribution in [0, 0.1) is 0 Å². The molecule has 0 fully saturated rings. The molecule has 0 amide bonds. The number of thiol groups is 1. The highest BCUT2D eigenvalue weighted by atomic mass is 32.2. The molecular formula is C7H10O2S. The summed E-state index contributed by atoms with van der Waals surface area (Å²) in [7, 11) is -2.32. The van der Waals surface area contributed by atoms with E-state index in [4.69, 9.17) is 0 Å². The van der Waals surface area contributed by atoms with Crippen LogP contribution in [0.3, 0.4) is 0 Å². The van der Waals surface area contributed by atoms with Crippen molar-refractivity contribution in [3.05, 3.63) is 22.6 Å². The predicted octanol–water partition coefficient (Wildman–Crippen LogP) is 1.22. The van der Waals surface area contributed by atoms with Gasteiger partial charge in [0.1, 0.15) is 0 Å². The number of hydrogen-bond donors (Lipinski definition) is 1. The quantitative estimate of drug-likeness (QED) is 0.582. The van der Waals surface area contributed by atoms with Gasteiger partial charge in [0.25, 0.3) is 0 Å². The van der Waals surface area contributed by atoms with Gasteiger partial charge >= 0.3 is 0 Å². The second-order valence-corrected chi connectivity index (χ2v) is 3.52. The van der Waals surface area contributed by atoms with E-state index in [0.717, 1.165) is 6.42 Å². The standard InChI is InChI=1S/C7H10O2S/c1-6-2-4-7(5-3-6)10(8)9/h2,4,10H,3,5H2,1H3. The summed E-state index contributed by atoms with van der Waals surface area (Å²) in [4.78, 5) is 0.556. The smallest absolute Gasteiger partial charge is 0.164 e. The zero-order valence-electron chi connectivity index (χ0n) is 5.83. The first-order valence-electron chi connectivity index (χ1n) is 3.21. The third-order valence-electron chi connectivity index (χ3n) is 1.57. The van der Waals surface area contributed by atoms with Crippen molar-refractivity contribution in [3.63, 3.8) is 0 Å². The number of hydrogen-bond acceptors (Lipinski definition) is 2. The maximum absolute atomic E-state index is 10.4. The van der Waals surface area contributed by atoms with Crippen molar-refractivity contribution in [2.24, 2.45) is 0 Å². The third-order valence-corrected chi connectivity index (χ3v) is 2.41. The molecule has 1 aliphatic carbocycles. The maximum Gasteiger partial charge on any atom is 0.164 e. The van der Waals surface area contributed by atoms with Crippen LogP contribution in [-0.2, 0) is 10.7 Å². The van der Waals surface area contributed by atoms with Gasteiger partial charge in [-0.1, -0.05) is 11.6 Å². The molecule has 0 unspecified atom stereocenters. The van der Waals surface area contributed by atoms with Crippen LogP contribution in [0.25, 0.3) is 0 Å². The topological polar surface area (TPSA) is 34.1 Å². The van der Waals surface area contributed by atoms with Crippen molar-refractivity contribution in [1.82, 2.24) is 0 Å². The SMILES string of the molecule is CC1=CC=C([SH](=O)=O)CC1. The minimum Gasteiger partial charge on any atom is -0.227 e. The highest BCUT2D eigenvalue weighted by Crippen LogP contribution is 2.17. The molecule has 0 aromatic heterocycles. The van der Waals surface area contributed by atoms with E-state index >= 15 is 0 Å². The molecule has 0 aromatic carbocycles. The van der Waals surface area contributed by atoms with Gasteiger partial charge in [-0.2, -0.15) is 0 Å². The minimum atomic E-state index is -2.32. The largest absolute Gasteiger partial charge is 0.227 e. The van der Waals surface area contributed by atoms with Crippen molar-refractivity contribution in [2.45, 2.75) is 19.8 Å². The van der Waals surface area contributed by atoms with Crippen LogP contribution < -0.4 is 0 Å². The number of rotatable bonds is 1. The summed E-state index contributed by atoms with van der Waals surface area (Å²) in [5.74, 6) is 0. The summed E-state index contributed by atoms with van der Waals surface area (Å²) in [6.45, 7) is 2.01. The van der Waals surface area contributed by atoms with E-state index < -0.39 is 10.7 Å². The Morgan fingerprint density at radius 1 is 1.30 bits per heavy atom. The van der Waals surface area contributed by atoms with Gasteiger partial charge in [-0.3, -0.25) is 0 Å². The Kier molecular flexibility index (Phi) is 2.27. The molecule has 1 aliphatic rings. The Morgan fingerprint density at radius 3 is 2.40 bits per heavy atom. The van der Waals surface area contributed by atoms with Gasteiger partial charge < -0.3 is 0 Å². The summed E-state index contributed by atoms with van der Waals surface area (Å²) < 4.78 is 20.8. The van der Waals surface area contributed by atoms with Crippen LogP contribution in [0.2, 0.25) is 0 Å². The van der Waals surface area contributed by atoms with Crippen LogP contribution in [-0.4, -0.2) is 8.42 Å².